The van der Waals surface area contributed by atoms with Crippen LogP contribution in [0.15, 0.2) is 53.0 Å². The molecule has 0 aromatic heterocycles. The number of carbonyl (C=O) groups is 2. The van der Waals surface area contributed by atoms with Gasteiger partial charge in [0.2, 0.25) is 5.78 Å². The molecule has 0 N–H and O–H groups in total. The highest BCUT2D eigenvalue weighted by Gasteiger charge is 2.22. The van der Waals surface area contributed by atoms with Crippen molar-refractivity contribution in [3.8, 4) is 0 Å². The summed E-state index contributed by atoms with van der Waals surface area (Å²) >= 11 is 3.31. The average Bonchev–Trinajstić information content (AvgIpc) is 2.53. The third-order valence-electron chi connectivity index (χ3n) is 3.78. The van der Waals surface area contributed by atoms with E-state index in [1.165, 1.54) is 0 Å². The Bertz CT molecular complexity index is 742. The molecule has 0 unspecified atom stereocenters. The number of hydrogen-bond donors (Lipinski definition) is 0. The molecular formula is C20H21BrO3. The molecule has 4 heteroatoms. The zero-order valence-electron chi connectivity index (χ0n) is 14.3. The molecule has 0 aliphatic rings. The van der Waals surface area contributed by atoms with Crippen LogP contribution in [0.5, 0.6) is 0 Å². The van der Waals surface area contributed by atoms with Gasteiger partial charge in [0, 0.05) is 10.0 Å². The summed E-state index contributed by atoms with van der Waals surface area (Å²) in [4.78, 5) is 24.7. The maximum Gasteiger partial charge on any atom is 0.339 e. The van der Waals surface area contributed by atoms with Gasteiger partial charge >= 0.3 is 5.97 Å². The molecule has 0 spiro atoms. The molecule has 1 atom stereocenters. The number of ketones is 1. The van der Waals surface area contributed by atoms with Crippen LogP contribution in [-0.2, 0) is 10.2 Å². The molecule has 2 aromatic rings. The maximum atomic E-state index is 12.5. The Morgan fingerprint density at radius 1 is 1.00 bits per heavy atom. The molecule has 0 radical (unpaired) electrons. The number of ether oxygens (including phenoxy) is 1. The van der Waals surface area contributed by atoms with Crippen LogP contribution in [0, 0.1) is 0 Å². The van der Waals surface area contributed by atoms with Gasteiger partial charge in [0.15, 0.2) is 6.10 Å². The molecule has 2 rings (SSSR count). The second-order valence-corrected chi connectivity index (χ2v) is 7.57. The predicted molar refractivity (Wildman–Crippen MR) is 98.5 cm³/mol. The van der Waals surface area contributed by atoms with Crippen molar-refractivity contribution in [2.45, 2.75) is 39.2 Å². The molecular weight excluding hydrogens is 368 g/mol. The Morgan fingerprint density at radius 2 is 1.58 bits per heavy atom. The number of benzene rings is 2. The summed E-state index contributed by atoms with van der Waals surface area (Å²) in [7, 11) is 0. The molecule has 0 bridgehead atoms. The van der Waals surface area contributed by atoms with Crippen LogP contribution in [-0.4, -0.2) is 17.9 Å². The van der Waals surface area contributed by atoms with E-state index >= 15 is 0 Å². The summed E-state index contributed by atoms with van der Waals surface area (Å²) in [5, 5.41) is 0. The van der Waals surface area contributed by atoms with Crippen LogP contribution >= 0.6 is 15.9 Å². The van der Waals surface area contributed by atoms with Gasteiger partial charge in [-0.05, 0) is 46.0 Å². The minimum absolute atomic E-state index is 0.0270. The van der Waals surface area contributed by atoms with Crippen molar-refractivity contribution in [2.24, 2.45) is 0 Å². The molecule has 0 saturated heterocycles. The standard InChI is InChI=1S/C20H21BrO3/c1-13(24-19(23)16-7-5-6-8-17(16)21)18(22)14-9-11-15(12-10-14)20(2,3)4/h5-13H,1-4H3/t13-/m0/s1. The molecule has 0 fully saturated rings. The van der Waals surface area contributed by atoms with E-state index in [0.29, 0.717) is 15.6 Å². The van der Waals surface area contributed by atoms with E-state index in [2.05, 4.69) is 36.7 Å². The topological polar surface area (TPSA) is 43.4 Å². The Hall–Kier alpha value is -1.94. The van der Waals surface area contributed by atoms with Crippen molar-refractivity contribution in [1.82, 2.24) is 0 Å². The predicted octanol–water partition coefficient (Wildman–Crippen LogP) is 5.17. The summed E-state index contributed by atoms with van der Waals surface area (Å²) in [5.74, 6) is -0.731. The fraction of sp³-hybridized carbons (Fsp3) is 0.300. The number of rotatable bonds is 4. The van der Waals surface area contributed by atoms with E-state index in [0.717, 1.165) is 5.56 Å². The van der Waals surface area contributed by atoms with E-state index in [4.69, 9.17) is 4.74 Å². The van der Waals surface area contributed by atoms with Crippen LogP contribution in [0.25, 0.3) is 0 Å². The van der Waals surface area contributed by atoms with Crippen molar-refractivity contribution in [3.63, 3.8) is 0 Å². The van der Waals surface area contributed by atoms with E-state index < -0.39 is 12.1 Å². The highest BCUT2D eigenvalue weighted by atomic mass is 79.9. The molecule has 0 aliphatic heterocycles. The lowest BCUT2D eigenvalue weighted by Gasteiger charge is -2.19. The first-order valence-electron chi connectivity index (χ1n) is 7.80. The Labute approximate surface area is 151 Å². The highest BCUT2D eigenvalue weighted by molar-refractivity contribution is 9.10. The normalized spacial score (nSPS) is 12.5. The molecule has 0 saturated carbocycles. The molecule has 0 aliphatic carbocycles. The Kier molecular flexibility index (Phi) is 5.60. The molecule has 2 aromatic carbocycles. The summed E-state index contributed by atoms with van der Waals surface area (Å²) in [5.41, 5.74) is 2.12. The van der Waals surface area contributed by atoms with Crippen molar-refractivity contribution in [1.29, 1.82) is 0 Å². The second-order valence-electron chi connectivity index (χ2n) is 6.72. The molecule has 0 amide bonds. The molecule has 0 heterocycles. The SMILES string of the molecule is C[C@H](OC(=O)c1ccccc1Br)C(=O)c1ccc(C(C)(C)C)cc1. The monoisotopic (exact) mass is 388 g/mol. The number of hydrogen-bond acceptors (Lipinski definition) is 3. The minimum Gasteiger partial charge on any atom is -0.451 e. The van der Waals surface area contributed by atoms with Gasteiger partial charge in [-0.2, -0.15) is 0 Å². The third kappa shape index (κ3) is 4.32. The lowest BCUT2D eigenvalue weighted by Crippen LogP contribution is -2.24. The molecule has 3 nitrogen and oxygen atoms in total. The third-order valence-corrected chi connectivity index (χ3v) is 4.47. The Balaban J connectivity index is 2.10. The van der Waals surface area contributed by atoms with Gasteiger partial charge in [0.1, 0.15) is 0 Å². The quantitative estimate of drug-likeness (QED) is 0.535. The maximum absolute atomic E-state index is 12.5. The van der Waals surface area contributed by atoms with Gasteiger partial charge in [-0.25, -0.2) is 4.79 Å². The first-order chi connectivity index (χ1) is 11.2. The van der Waals surface area contributed by atoms with Gasteiger partial charge < -0.3 is 4.74 Å². The summed E-state index contributed by atoms with van der Waals surface area (Å²) < 4.78 is 5.96. The fourth-order valence-corrected chi connectivity index (χ4v) is 2.72. The number of Topliss-reactive ketones (excluding diaryl/α,β-unsaturated/α-hetero) is 1. The van der Waals surface area contributed by atoms with Gasteiger partial charge in [0.05, 0.1) is 5.56 Å². The van der Waals surface area contributed by atoms with E-state index in [-0.39, 0.29) is 11.2 Å². The van der Waals surface area contributed by atoms with Crippen LogP contribution in [0.1, 0.15) is 54.0 Å². The van der Waals surface area contributed by atoms with Gasteiger partial charge in [-0.1, -0.05) is 57.2 Å². The van der Waals surface area contributed by atoms with E-state index in [9.17, 15) is 9.59 Å². The summed E-state index contributed by atoms with van der Waals surface area (Å²) in [6.07, 6.45) is -0.843. The molecule has 126 valence electrons. The largest absolute Gasteiger partial charge is 0.451 e. The number of esters is 1. The van der Waals surface area contributed by atoms with E-state index in [1.54, 1.807) is 37.3 Å². The summed E-state index contributed by atoms with van der Waals surface area (Å²) in [6.45, 7) is 7.94. The van der Waals surface area contributed by atoms with Crippen LogP contribution in [0.3, 0.4) is 0 Å². The van der Waals surface area contributed by atoms with Crippen LogP contribution in [0.4, 0.5) is 0 Å². The zero-order chi connectivity index (χ0) is 17.9. The lowest BCUT2D eigenvalue weighted by molar-refractivity contribution is 0.0318. The van der Waals surface area contributed by atoms with Crippen LogP contribution < -0.4 is 0 Å². The first kappa shape index (κ1) is 18.4. The summed E-state index contributed by atoms with van der Waals surface area (Å²) in [6, 6.07) is 14.4. The van der Waals surface area contributed by atoms with Crippen molar-refractivity contribution in [2.75, 3.05) is 0 Å². The van der Waals surface area contributed by atoms with Crippen molar-refractivity contribution >= 4 is 27.7 Å². The first-order valence-corrected chi connectivity index (χ1v) is 8.59. The Morgan fingerprint density at radius 3 is 2.12 bits per heavy atom. The van der Waals surface area contributed by atoms with Gasteiger partial charge in [0.25, 0.3) is 0 Å². The second kappa shape index (κ2) is 7.31. The van der Waals surface area contributed by atoms with Crippen LogP contribution in [0.2, 0.25) is 0 Å². The number of halogens is 1. The van der Waals surface area contributed by atoms with Crippen molar-refractivity contribution < 1.29 is 14.3 Å². The van der Waals surface area contributed by atoms with Crippen molar-refractivity contribution in [3.05, 3.63) is 69.7 Å². The van der Waals surface area contributed by atoms with Gasteiger partial charge in [-0.3, -0.25) is 4.79 Å². The fourth-order valence-electron chi connectivity index (χ4n) is 2.27. The minimum atomic E-state index is -0.843. The number of carbonyl (C=O) groups excluding carboxylic acids is 2. The highest BCUT2D eigenvalue weighted by Crippen LogP contribution is 2.23. The van der Waals surface area contributed by atoms with Gasteiger partial charge in [-0.15, -0.1) is 0 Å². The average molecular weight is 389 g/mol. The smallest absolute Gasteiger partial charge is 0.339 e. The lowest BCUT2D eigenvalue weighted by atomic mass is 9.86. The van der Waals surface area contributed by atoms with E-state index in [1.807, 2.05) is 18.2 Å². The molecule has 24 heavy (non-hydrogen) atoms. The zero-order valence-corrected chi connectivity index (χ0v) is 15.9.